The van der Waals surface area contributed by atoms with Crippen molar-refractivity contribution in [2.75, 3.05) is 36.0 Å². The summed E-state index contributed by atoms with van der Waals surface area (Å²) in [5, 5.41) is 39.0. The highest BCUT2D eigenvalue weighted by molar-refractivity contribution is 6.08. The van der Waals surface area contributed by atoms with Gasteiger partial charge in [-0.3, -0.25) is 0 Å². The summed E-state index contributed by atoms with van der Waals surface area (Å²) in [6.07, 6.45) is 80.6. The topological polar surface area (TPSA) is 159 Å². The van der Waals surface area contributed by atoms with E-state index in [0.717, 1.165) is 115 Å². The average molecular weight is 1870 g/mol. The van der Waals surface area contributed by atoms with Crippen LogP contribution in [-0.2, 0) is 0 Å². The molecule has 10 rings (SSSR count). The van der Waals surface area contributed by atoms with Gasteiger partial charge in [-0.15, -0.1) is 0 Å². The fraction of sp³-hybridized carbons (Fsp3) is 0.516. The van der Waals surface area contributed by atoms with Crippen LogP contribution in [0.2, 0.25) is 0 Å². The lowest BCUT2D eigenvalue weighted by atomic mass is 9.86. The first-order chi connectivity index (χ1) is 67.9. The van der Waals surface area contributed by atoms with Crippen LogP contribution in [0.1, 0.15) is 432 Å². The second-order valence-corrected chi connectivity index (χ2v) is 39.0. The summed E-state index contributed by atoms with van der Waals surface area (Å²) < 4.78 is 68.4. The normalized spacial score (nSPS) is 11.5. The van der Waals surface area contributed by atoms with Gasteiger partial charge in [0.25, 0.3) is 0 Å². The first kappa shape index (κ1) is 109. The first-order valence-electron chi connectivity index (χ1n) is 54.4. The number of nitrogens with zero attached hydrogens (tertiary/aromatic N) is 8. The molecule has 0 unspecified atom stereocenters. The van der Waals surface area contributed by atoms with Crippen molar-refractivity contribution in [3.63, 3.8) is 0 Å². The number of rotatable bonds is 67. The van der Waals surface area contributed by atoms with Gasteiger partial charge < -0.3 is 19.8 Å². The minimum Gasteiger partial charge on any atom is -0.372 e. The highest BCUT2D eigenvalue weighted by atomic mass is 19.2. The zero-order valence-corrected chi connectivity index (χ0v) is 84.5. The molecule has 138 heavy (non-hydrogen) atoms. The second-order valence-electron chi connectivity index (χ2n) is 39.0. The van der Waals surface area contributed by atoms with E-state index < -0.39 is 50.4 Å². The fourth-order valence-electron chi connectivity index (χ4n) is 19.8. The van der Waals surface area contributed by atoms with Crippen molar-refractivity contribution < 1.29 is 17.6 Å². The summed E-state index contributed by atoms with van der Waals surface area (Å²) in [7, 11) is 0. The standard InChI is InChI=1S/C124H160F4N10/c1-5-9-13-17-21-25-29-33-37-41-45-49-53-57-87-137(88-58-54-50-46-42-38-34-30-26-22-18-14-10-6-2)109-79-65-98(66-80-109)62-61-97-63-67-100(68-64-97)116-111-83-75-105(133-111)91-107-77-85-113(135-107)117(114-86-78-108(136-114)92-106-76-84-112(116)134-106)101-71-69-99(70-72-101)115(103(93-129)94-130)118(120-123(127)121(125)119(104(95-131)96-132)122(126)124(120)128)102-73-81-110(82-74-102)138(89-59-55-51-47-43-39-35-31-27-23-19-15-11-7-3)90-60-56-52-48-44-40-36-32-28-24-20-16-12-8-4/h63-86,91-92,133,136H,5-60,87-90H2,1-4H3. The van der Waals surface area contributed by atoms with Gasteiger partial charge in [0.05, 0.1) is 33.2 Å². The zero-order chi connectivity index (χ0) is 97.2. The molecule has 14 heteroatoms. The molecule has 8 aromatic rings. The van der Waals surface area contributed by atoms with Crippen molar-refractivity contribution in [3.8, 4) is 58.4 Å². The lowest BCUT2D eigenvalue weighted by Crippen LogP contribution is -2.32. The van der Waals surface area contributed by atoms with Gasteiger partial charge in [-0.1, -0.05) is 422 Å². The van der Waals surface area contributed by atoms with Gasteiger partial charge in [-0.2, -0.15) is 21.0 Å². The lowest BCUT2D eigenvalue weighted by molar-refractivity contribution is 0.434. The van der Waals surface area contributed by atoms with E-state index in [1.807, 2.05) is 78.9 Å². The largest absolute Gasteiger partial charge is 0.372 e. The molecule has 0 amide bonds. The van der Waals surface area contributed by atoms with Gasteiger partial charge in [0.2, 0.25) is 0 Å². The van der Waals surface area contributed by atoms with E-state index in [2.05, 4.69) is 114 Å². The van der Waals surface area contributed by atoms with E-state index in [1.165, 1.54) is 339 Å². The smallest absolute Gasteiger partial charge is 0.171 e. The lowest BCUT2D eigenvalue weighted by Gasteiger charge is -2.26. The number of benzene rings is 5. The van der Waals surface area contributed by atoms with Crippen LogP contribution in [0.15, 0.2) is 139 Å². The van der Waals surface area contributed by atoms with Gasteiger partial charge in [0.15, 0.2) is 23.3 Å². The Hall–Kier alpha value is -11.0. The Morgan fingerprint density at radius 2 is 0.558 bits per heavy atom. The Bertz CT molecular complexity index is 5500. The van der Waals surface area contributed by atoms with E-state index >= 15 is 17.6 Å². The molecule has 3 aromatic heterocycles. The maximum absolute atomic E-state index is 17.4. The molecule has 2 aliphatic heterocycles. The number of nitriles is 4. The zero-order valence-electron chi connectivity index (χ0n) is 84.5. The predicted molar refractivity (Wildman–Crippen MR) is 575 cm³/mol. The summed E-state index contributed by atoms with van der Waals surface area (Å²) in [6, 6.07) is 49.5. The van der Waals surface area contributed by atoms with Crippen LogP contribution >= 0.6 is 0 Å². The molecule has 5 aromatic carbocycles. The number of allylic oxidation sites excluding steroid dienone is 2. The van der Waals surface area contributed by atoms with Crippen molar-refractivity contribution >= 4 is 74.5 Å². The Morgan fingerprint density at radius 1 is 0.290 bits per heavy atom. The summed E-state index contributed by atoms with van der Waals surface area (Å²) in [5.41, 5.74) is 10.6. The number of halogens is 4. The minimum atomic E-state index is -1.98. The van der Waals surface area contributed by atoms with Crippen molar-refractivity contribution in [1.82, 2.24) is 19.9 Å². The fourth-order valence-corrected chi connectivity index (χ4v) is 19.8. The van der Waals surface area contributed by atoms with Crippen LogP contribution < -0.4 is 20.2 Å². The summed E-state index contributed by atoms with van der Waals surface area (Å²) >= 11 is 0. The molecule has 0 fully saturated rings. The number of H-pyrrole nitrogens is 2. The van der Waals surface area contributed by atoms with Crippen LogP contribution in [0.5, 0.6) is 0 Å². The van der Waals surface area contributed by atoms with Crippen LogP contribution in [0, 0.1) is 80.4 Å². The average Bonchev–Trinajstić information content (AvgIpc) is 0.810. The Balaban J connectivity index is 0.880. The molecule has 5 heterocycles. The molecule has 0 spiro atoms. The summed E-state index contributed by atoms with van der Waals surface area (Å²) in [6.45, 7) is 12.8. The monoisotopic (exact) mass is 1870 g/mol. The summed E-state index contributed by atoms with van der Waals surface area (Å²) in [5.74, 6) is -0.816. The quantitative estimate of drug-likeness (QED) is 0.0125. The van der Waals surface area contributed by atoms with E-state index in [0.29, 0.717) is 33.7 Å². The molecule has 10 nitrogen and oxygen atoms in total. The van der Waals surface area contributed by atoms with E-state index in [-0.39, 0.29) is 16.7 Å². The van der Waals surface area contributed by atoms with Gasteiger partial charge >= 0.3 is 0 Å². The SMILES string of the molecule is CCCCCCCCCCCCCCCCN(CCCCCCCCCCCCCCCC)c1ccc(C#Cc2ccc(-c3c4nc(cc5ccc([nH]5)c(-c5ccc(C(=C(C#N)C#N)C(c6ccc(N(CCCCCCCCCCCCCCCC)CCCCCCCCCCCCCCCC)cc6)=c6c(F)c(F)c(=C(C#N)C#N)c(F)c6F)cc5)c5nc(cc6ccc3[nH]6)C=C5)C=C4)cc2)cc1. The van der Waals surface area contributed by atoms with Gasteiger partial charge in [0.1, 0.15) is 35.4 Å². The van der Waals surface area contributed by atoms with Crippen molar-refractivity contribution in [3.05, 3.63) is 218 Å². The minimum absolute atomic E-state index is 0.0489. The summed E-state index contributed by atoms with van der Waals surface area (Å²) in [4.78, 5) is 22.7. The number of hydrogen-bond acceptors (Lipinski definition) is 8. The van der Waals surface area contributed by atoms with Crippen molar-refractivity contribution in [2.24, 2.45) is 0 Å². The Morgan fingerprint density at radius 3 is 0.855 bits per heavy atom. The Labute approximate surface area is 827 Å². The predicted octanol–water partition coefficient (Wildman–Crippen LogP) is 35.4. The molecule has 0 saturated carbocycles. The number of aromatic amines is 2. The first-order valence-corrected chi connectivity index (χ1v) is 54.4. The molecule has 2 aliphatic rings. The van der Waals surface area contributed by atoms with Gasteiger partial charge in [-0.25, -0.2) is 27.5 Å². The third-order valence-corrected chi connectivity index (χ3v) is 28.0. The maximum Gasteiger partial charge on any atom is 0.171 e. The van der Waals surface area contributed by atoms with E-state index in [9.17, 15) is 21.0 Å². The molecule has 734 valence electrons. The highest BCUT2D eigenvalue weighted by Gasteiger charge is 2.28. The van der Waals surface area contributed by atoms with Crippen molar-refractivity contribution in [1.29, 1.82) is 21.0 Å². The molecule has 2 N–H and O–H groups in total. The number of anilines is 2. The van der Waals surface area contributed by atoms with Crippen LogP contribution in [0.4, 0.5) is 28.9 Å². The third-order valence-electron chi connectivity index (χ3n) is 28.0. The molecule has 0 aliphatic carbocycles. The molecule has 0 atom stereocenters. The van der Waals surface area contributed by atoms with Crippen LogP contribution in [0.25, 0.3) is 85.3 Å². The molecule has 0 radical (unpaired) electrons. The molecule has 8 bridgehead atoms. The number of hydrogen-bond donors (Lipinski definition) is 2. The van der Waals surface area contributed by atoms with Gasteiger partial charge in [0, 0.05) is 93.0 Å². The highest BCUT2D eigenvalue weighted by Crippen LogP contribution is 2.39. The van der Waals surface area contributed by atoms with E-state index in [1.54, 1.807) is 36.4 Å². The maximum atomic E-state index is 17.4. The number of nitrogens with one attached hydrogen (secondary N) is 2. The number of fused-ring (bicyclic) bond motifs is 8. The van der Waals surface area contributed by atoms with Crippen LogP contribution in [-0.4, -0.2) is 46.1 Å². The van der Waals surface area contributed by atoms with Crippen LogP contribution in [0.3, 0.4) is 0 Å². The van der Waals surface area contributed by atoms with Crippen molar-refractivity contribution in [2.45, 2.75) is 387 Å². The molecule has 0 saturated heterocycles. The number of unbranched alkanes of at least 4 members (excludes halogenated alkanes) is 52. The Kier molecular flexibility index (Phi) is 50.8. The number of aromatic nitrogens is 4. The second kappa shape index (κ2) is 64.3. The van der Waals surface area contributed by atoms with Gasteiger partial charge in [-0.05, 0) is 157 Å². The van der Waals surface area contributed by atoms with E-state index in [4.69, 9.17) is 9.97 Å². The molecular weight excluding hydrogens is 1710 g/mol. The molecular formula is C124H160F4N10. The third kappa shape index (κ3) is 36.3.